The molecule has 0 spiro atoms. The van der Waals surface area contributed by atoms with Crippen molar-refractivity contribution in [1.82, 2.24) is 0 Å². The van der Waals surface area contributed by atoms with Crippen LogP contribution < -0.4 is 0 Å². The molecule has 1 aromatic rings. The molecule has 0 aliphatic carbocycles. The smallest absolute Gasteiger partial charge is 0.149 e. The zero-order valence-corrected chi connectivity index (χ0v) is 8.35. The van der Waals surface area contributed by atoms with Crippen LogP contribution in [0.1, 0.15) is 24.7 Å². The highest BCUT2D eigenvalue weighted by molar-refractivity contribution is 6.49. The molecule has 0 aliphatic heterocycles. The van der Waals surface area contributed by atoms with Crippen molar-refractivity contribution in [2.45, 2.75) is 20.3 Å². The zero-order chi connectivity index (χ0) is 9.84. The number of hydrogen-bond acceptors (Lipinski definition) is 2. The molecule has 0 fully saturated rings. The largest absolute Gasteiger partial charge is 0.463 e. The van der Waals surface area contributed by atoms with Gasteiger partial charge in [0.05, 0.1) is 22.9 Å². The lowest BCUT2D eigenvalue weighted by Crippen LogP contribution is -1.83. The van der Waals surface area contributed by atoms with E-state index in [9.17, 15) is 0 Å². The van der Waals surface area contributed by atoms with Crippen molar-refractivity contribution >= 4 is 16.6 Å². The Kier molecular flexibility index (Phi) is 3.16. The number of furan rings is 1. The van der Waals surface area contributed by atoms with Crippen molar-refractivity contribution in [2.24, 2.45) is 0 Å². The molecule has 0 amide bonds. The highest BCUT2D eigenvalue weighted by Gasteiger charge is 2.10. The molecule has 0 aromatic carbocycles. The molecule has 0 saturated heterocycles. The van der Waals surface area contributed by atoms with E-state index in [1.807, 2.05) is 19.9 Å². The van der Waals surface area contributed by atoms with Crippen LogP contribution in [0.3, 0.4) is 0 Å². The predicted octanol–water partition coefficient (Wildman–Crippen LogP) is 3.47. The van der Waals surface area contributed by atoms with Crippen LogP contribution in [-0.4, -0.2) is 0 Å². The van der Waals surface area contributed by atoms with E-state index in [-0.39, 0.29) is 0 Å². The van der Waals surface area contributed by atoms with Crippen molar-refractivity contribution in [3.63, 3.8) is 0 Å². The van der Waals surface area contributed by atoms with Gasteiger partial charge in [0.15, 0.2) is 0 Å². The number of aryl methyl sites for hydroxylation is 1. The molecule has 1 heterocycles. The van der Waals surface area contributed by atoms with E-state index in [1.54, 1.807) is 6.26 Å². The van der Waals surface area contributed by atoms with E-state index in [4.69, 9.17) is 21.3 Å². The van der Waals surface area contributed by atoms with E-state index in [0.29, 0.717) is 22.8 Å². The van der Waals surface area contributed by atoms with Gasteiger partial charge in [-0.1, -0.05) is 18.5 Å². The normalized spacial score (nSPS) is 12.2. The quantitative estimate of drug-likeness (QED) is 0.678. The van der Waals surface area contributed by atoms with Gasteiger partial charge in [0.1, 0.15) is 5.76 Å². The van der Waals surface area contributed by atoms with Crippen LogP contribution in [0.25, 0.3) is 5.03 Å². The molecule has 1 rings (SSSR count). The van der Waals surface area contributed by atoms with Crippen LogP contribution in [-0.2, 0) is 0 Å². The van der Waals surface area contributed by atoms with Gasteiger partial charge in [-0.3, -0.25) is 0 Å². The number of rotatable bonds is 2. The Balaban J connectivity index is 3.17. The third kappa shape index (κ3) is 1.93. The van der Waals surface area contributed by atoms with Gasteiger partial charge in [-0.15, -0.1) is 0 Å². The molecule has 0 bridgehead atoms. The molecule has 2 nitrogen and oxygen atoms in total. The van der Waals surface area contributed by atoms with Crippen LogP contribution in [0.15, 0.2) is 22.3 Å². The summed E-state index contributed by atoms with van der Waals surface area (Å²) in [4.78, 5) is 0. The Morgan fingerprint density at radius 2 is 2.38 bits per heavy atom. The Morgan fingerprint density at radius 1 is 1.69 bits per heavy atom. The van der Waals surface area contributed by atoms with Gasteiger partial charge in [-0.25, -0.2) is 0 Å². The average Bonchev–Trinajstić information content (AvgIpc) is 2.53. The Labute approximate surface area is 82.4 Å². The fraction of sp³-hybridized carbons (Fsp3) is 0.300. The first-order chi connectivity index (χ1) is 6.20. The standard InChI is InChI=1S/C10H10ClNO/c1-3-8(6-12)9(11)10-7(2)4-5-13-10/h4-5H,3H2,1-2H3. The summed E-state index contributed by atoms with van der Waals surface area (Å²) in [6, 6.07) is 3.88. The molecule has 0 N–H and O–H groups in total. The number of allylic oxidation sites excluding steroid dienone is 1. The fourth-order valence-electron chi connectivity index (χ4n) is 1.02. The Hall–Kier alpha value is -1.20. The summed E-state index contributed by atoms with van der Waals surface area (Å²) in [7, 11) is 0. The van der Waals surface area contributed by atoms with Crippen LogP contribution >= 0.6 is 11.6 Å². The van der Waals surface area contributed by atoms with E-state index in [1.165, 1.54) is 0 Å². The van der Waals surface area contributed by atoms with Crippen molar-refractivity contribution in [3.05, 3.63) is 29.2 Å². The summed E-state index contributed by atoms with van der Waals surface area (Å²) in [5, 5.41) is 9.18. The molecule has 13 heavy (non-hydrogen) atoms. The minimum Gasteiger partial charge on any atom is -0.463 e. The Bertz CT molecular complexity index is 371. The van der Waals surface area contributed by atoms with E-state index in [0.717, 1.165) is 5.56 Å². The number of nitriles is 1. The first-order valence-corrected chi connectivity index (χ1v) is 4.41. The number of hydrogen-bond donors (Lipinski definition) is 0. The van der Waals surface area contributed by atoms with Crippen molar-refractivity contribution in [2.75, 3.05) is 0 Å². The maximum absolute atomic E-state index is 8.75. The zero-order valence-electron chi connectivity index (χ0n) is 7.60. The van der Waals surface area contributed by atoms with Gasteiger partial charge in [0, 0.05) is 0 Å². The third-order valence-electron chi connectivity index (χ3n) is 1.81. The lowest BCUT2D eigenvalue weighted by Gasteiger charge is -1.98. The number of nitrogens with zero attached hydrogens (tertiary/aromatic N) is 1. The fourth-order valence-corrected chi connectivity index (χ4v) is 1.39. The SMILES string of the molecule is CCC(C#N)=C(Cl)c1occc1C. The average molecular weight is 196 g/mol. The van der Waals surface area contributed by atoms with Crippen molar-refractivity contribution < 1.29 is 4.42 Å². The molecule has 1 aromatic heterocycles. The predicted molar refractivity (Wildman–Crippen MR) is 52.1 cm³/mol. The molecule has 0 atom stereocenters. The van der Waals surface area contributed by atoms with Crippen molar-refractivity contribution in [1.29, 1.82) is 5.26 Å². The first kappa shape index (κ1) is 9.88. The van der Waals surface area contributed by atoms with E-state index < -0.39 is 0 Å². The summed E-state index contributed by atoms with van der Waals surface area (Å²) in [5.41, 5.74) is 1.51. The second-order valence-electron chi connectivity index (χ2n) is 2.69. The monoisotopic (exact) mass is 195 g/mol. The highest BCUT2D eigenvalue weighted by atomic mass is 35.5. The molecule has 0 aliphatic rings. The molecule has 0 radical (unpaired) electrons. The van der Waals surface area contributed by atoms with Gasteiger partial charge < -0.3 is 4.42 Å². The topological polar surface area (TPSA) is 36.9 Å². The molecule has 0 saturated carbocycles. The lowest BCUT2D eigenvalue weighted by atomic mass is 10.1. The molecule has 0 unspecified atom stereocenters. The minimum atomic E-state index is 0.424. The van der Waals surface area contributed by atoms with Crippen LogP contribution in [0.4, 0.5) is 0 Å². The summed E-state index contributed by atoms with van der Waals surface area (Å²) >= 11 is 5.98. The summed E-state index contributed by atoms with van der Waals surface area (Å²) in [6.07, 6.45) is 2.19. The minimum absolute atomic E-state index is 0.424. The first-order valence-electron chi connectivity index (χ1n) is 4.04. The maximum atomic E-state index is 8.75. The van der Waals surface area contributed by atoms with Gasteiger partial charge in [-0.05, 0) is 25.0 Å². The summed E-state index contributed by atoms with van der Waals surface area (Å²) in [5.74, 6) is 0.597. The van der Waals surface area contributed by atoms with Gasteiger partial charge in [0.25, 0.3) is 0 Å². The molecule has 3 heteroatoms. The Morgan fingerprint density at radius 3 is 2.77 bits per heavy atom. The van der Waals surface area contributed by atoms with Gasteiger partial charge in [0.2, 0.25) is 0 Å². The maximum Gasteiger partial charge on any atom is 0.149 e. The molecule has 68 valence electrons. The molecular formula is C10H10ClNO. The number of halogens is 1. The van der Waals surface area contributed by atoms with Crippen LogP contribution in [0.5, 0.6) is 0 Å². The highest BCUT2D eigenvalue weighted by Crippen LogP contribution is 2.27. The second kappa shape index (κ2) is 4.15. The lowest BCUT2D eigenvalue weighted by molar-refractivity contribution is 0.553. The van der Waals surface area contributed by atoms with Crippen LogP contribution in [0.2, 0.25) is 0 Å². The molecular weight excluding hydrogens is 186 g/mol. The van der Waals surface area contributed by atoms with Crippen molar-refractivity contribution in [3.8, 4) is 6.07 Å². The van der Waals surface area contributed by atoms with E-state index >= 15 is 0 Å². The summed E-state index contributed by atoms with van der Waals surface area (Å²) < 4.78 is 5.17. The third-order valence-corrected chi connectivity index (χ3v) is 2.21. The van der Waals surface area contributed by atoms with Crippen LogP contribution in [0, 0.1) is 18.3 Å². The van der Waals surface area contributed by atoms with E-state index in [2.05, 4.69) is 6.07 Å². The van der Waals surface area contributed by atoms with Gasteiger partial charge in [-0.2, -0.15) is 5.26 Å². The second-order valence-corrected chi connectivity index (χ2v) is 3.07. The summed E-state index contributed by atoms with van der Waals surface area (Å²) in [6.45, 7) is 3.78. The van der Waals surface area contributed by atoms with Gasteiger partial charge >= 0.3 is 0 Å².